The largest absolute Gasteiger partial charge is 0.399 e. The van der Waals surface area contributed by atoms with E-state index in [0.717, 1.165) is 10.9 Å². The molecule has 1 amide bonds. The highest BCUT2D eigenvalue weighted by atomic mass is 35.5. The zero-order chi connectivity index (χ0) is 15.4. The van der Waals surface area contributed by atoms with Gasteiger partial charge in [0, 0.05) is 27.1 Å². The molecule has 0 bridgehead atoms. The van der Waals surface area contributed by atoms with E-state index in [1.807, 2.05) is 23.9 Å². The van der Waals surface area contributed by atoms with Crippen LogP contribution in [0.1, 0.15) is 36.0 Å². The molecule has 2 aromatic rings. The molecule has 1 aliphatic rings. The summed E-state index contributed by atoms with van der Waals surface area (Å²) < 4.78 is 0. The summed E-state index contributed by atoms with van der Waals surface area (Å²) in [5.41, 5.74) is 7.68. The van der Waals surface area contributed by atoms with Gasteiger partial charge in [-0.2, -0.15) is 0 Å². The van der Waals surface area contributed by atoms with Crippen LogP contribution in [-0.2, 0) is 0 Å². The minimum Gasteiger partial charge on any atom is -0.399 e. The molecular formula is C18H21ClN2OS. The maximum Gasteiger partial charge on any atom is 0.255 e. The van der Waals surface area contributed by atoms with E-state index < -0.39 is 0 Å². The summed E-state index contributed by atoms with van der Waals surface area (Å²) in [6, 6.07) is 15.1. The fourth-order valence-corrected chi connectivity index (χ4v) is 3.95. The van der Waals surface area contributed by atoms with Gasteiger partial charge < -0.3 is 11.1 Å². The molecule has 0 radical (unpaired) electrons. The molecule has 1 aliphatic carbocycles. The Morgan fingerprint density at radius 2 is 1.78 bits per heavy atom. The minimum atomic E-state index is -0.136. The van der Waals surface area contributed by atoms with E-state index in [1.165, 1.54) is 30.6 Å². The van der Waals surface area contributed by atoms with Gasteiger partial charge in [0.2, 0.25) is 0 Å². The van der Waals surface area contributed by atoms with Crippen LogP contribution in [0.15, 0.2) is 53.4 Å². The number of carbonyl (C=O) groups excluding carboxylic acids is 1. The lowest BCUT2D eigenvalue weighted by atomic mass is 10.2. The summed E-state index contributed by atoms with van der Waals surface area (Å²) in [6.45, 7) is 0. The van der Waals surface area contributed by atoms with Gasteiger partial charge in [-0.05, 0) is 55.3 Å². The van der Waals surface area contributed by atoms with Crippen molar-refractivity contribution >= 4 is 41.5 Å². The predicted molar refractivity (Wildman–Crippen MR) is 101 cm³/mol. The first-order valence-electron chi connectivity index (χ1n) is 7.64. The minimum absolute atomic E-state index is 0. The lowest BCUT2D eigenvalue weighted by Crippen LogP contribution is -2.12. The van der Waals surface area contributed by atoms with Crippen molar-refractivity contribution in [1.29, 1.82) is 0 Å². The normalized spacial score (nSPS) is 14.3. The highest BCUT2D eigenvalue weighted by Gasteiger charge is 2.16. The number of halogens is 1. The Bertz CT molecular complexity index is 654. The molecule has 0 saturated heterocycles. The van der Waals surface area contributed by atoms with Gasteiger partial charge in [-0.25, -0.2) is 0 Å². The van der Waals surface area contributed by atoms with Crippen LogP contribution in [0.4, 0.5) is 11.4 Å². The van der Waals surface area contributed by atoms with Crippen LogP contribution in [0, 0.1) is 0 Å². The van der Waals surface area contributed by atoms with Gasteiger partial charge in [0.25, 0.3) is 5.91 Å². The Hall–Kier alpha value is -1.65. The van der Waals surface area contributed by atoms with Crippen molar-refractivity contribution in [2.75, 3.05) is 11.1 Å². The van der Waals surface area contributed by atoms with Gasteiger partial charge in [-0.3, -0.25) is 4.79 Å². The first-order chi connectivity index (χ1) is 10.7. The highest BCUT2D eigenvalue weighted by Crippen LogP contribution is 2.34. The molecule has 3 nitrogen and oxygen atoms in total. The third-order valence-electron chi connectivity index (χ3n) is 3.87. The van der Waals surface area contributed by atoms with E-state index in [-0.39, 0.29) is 18.3 Å². The Morgan fingerprint density at radius 3 is 2.43 bits per heavy atom. The standard InChI is InChI=1S/C18H20N2OS.ClH/c19-14-5-3-4-13(12-14)18(21)20-15-8-10-17(11-9-15)22-16-6-1-2-7-16;/h3-5,8-12,16H,1-2,6-7,19H2,(H,20,21);1H. The maximum absolute atomic E-state index is 12.2. The fourth-order valence-electron chi connectivity index (χ4n) is 2.70. The monoisotopic (exact) mass is 348 g/mol. The fraction of sp³-hybridized carbons (Fsp3) is 0.278. The number of rotatable bonds is 4. The lowest BCUT2D eigenvalue weighted by Gasteiger charge is -2.10. The number of anilines is 2. The molecule has 1 saturated carbocycles. The Balaban J connectivity index is 0.00000192. The van der Waals surface area contributed by atoms with Crippen molar-refractivity contribution in [2.45, 2.75) is 35.8 Å². The van der Waals surface area contributed by atoms with Gasteiger partial charge in [0.1, 0.15) is 0 Å². The van der Waals surface area contributed by atoms with Gasteiger partial charge in [-0.1, -0.05) is 18.9 Å². The lowest BCUT2D eigenvalue weighted by molar-refractivity contribution is 0.102. The average molecular weight is 349 g/mol. The van der Waals surface area contributed by atoms with E-state index >= 15 is 0 Å². The van der Waals surface area contributed by atoms with Gasteiger partial charge in [0.05, 0.1) is 0 Å². The van der Waals surface area contributed by atoms with E-state index in [4.69, 9.17) is 5.73 Å². The second kappa shape index (κ2) is 8.27. The Labute approximate surface area is 147 Å². The molecular weight excluding hydrogens is 328 g/mol. The van der Waals surface area contributed by atoms with Crippen LogP contribution in [0.5, 0.6) is 0 Å². The van der Waals surface area contributed by atoms with Crippen LogP contribution in [0.3, 0.4) is 0 Å². The van der Waals surface area contributed by atoms with Crippen LogP contribution in [0.2, 0.25) is 0 Å². The van der Waals surface area contributed by atoms with E-state index in [2.05, 4.69) is 17.4 Å². The summed E-state index contributed by atoms with van der Waals surface area (Å²) in [5.74, 6) is -0.136. The van der Waals surface area contributed by atoms with Crippen molar-refractivity contribution in [1.82, 2.24) is 0 Å². The van der Waals surface area contributed by atoms with Crippen LogP contribution in [-0.4, -0.2) is 11.2 Å². The molecule has 0 spiro atoms. The third kappa shape index (κ3) is 4.91. The number of hydrogen-bond donors (Lipinski definition) is 2. The summed E-state index contributed by atoms with van der Waals surface area (Å²) in [4.78, 5) is 13.4. The second-order valence-electron chi connectivity index (χ2n) is 5.63. The number of amides is 1. The number of nitrogen functional groups attached to an aromatic ring is 1. The second-order valence-corrected chi connectivity index (χ2v) is 7.00. The molecule has 5 heteroatoms. The average Bonchev–Trinajstić information content (AvgIpc) is 3.02. The molecule has 23 heavy (non-hydrogen) atoms. The molecule has 1 fully saturated rings. The summed E-state index contributed by atoms with van der Waals surface area (Å²) >= 11 is 1.95. The first-order valence-corrected chi connectivity index (χ1v) is 8.52. The highest BCUT2D eigenvalue weighted by molar-refractivity contribution is 8.00. The zero-order valence-electron chi connectivity index (χ0n) is 12.8. The number of nitrogens with one attached hydrogen (secondary N) is 1. The zero-order valence-corrected chi connectivity index (χ0v) is 14.5. The van der Waals surface area contributed by atoms with E-state index in [9.17, 15) is 4.79 Å². The van der Waals surface area contributed by atoms with Crippen LogP contribution >= 0.6 is 24.2 Å². The molecule has 0 aromatic heterocycles. The maximum atomic E-state index is 12.2. The van der Waals surface area contributed by atoms with E-state index in [0.29, 0.717) is 11.3 Å². The van der Waals surface area contributed by atoms with Gasteiger partial charge >= 0.3 is 0 Å². The van der Waals surface area contributed by atoms with Gasteiger partial charge in [0.15, 0.2) is 0 Å². The topological polar surface area (TPSA) is 55.1 Å². The number of benzene rings is 2. The number of carbonyl (C=O) groups is 1. The molecule has 3 N–H and O–H groups in total. The van der Waals surface area contributed by atoms with E-state index in [1.54, 1.807) is 24.3 Å². The molecule has 2 aromatic carbocycles. The number of nitrogens with two attached hydrogens (primary N) is 1. The Morgan fingerprint density at radius 1 is 1.09 bits per heavy atom. The molecule has 0 aliphatic heterocycles. The van der Waals surface area contributed by atoms with Crippen molar-refractivity contribution in [3.63, 3.8) is 0 Å². The third-order valence-corrected chi connectivity index (χ3v) is 5.22. The summed E-state index contributed by atoms with van der Waals surface area (Å²) in [7, 11) is 0. The first kappa shape index (κ1) is 17.7. The summed E-state index contributed by atoms with van der Waals surface area (Å²) in [6.07, 6.45) is 5.34. The van der Waals surface area contributed by atoms with Crippen molar-refractivity contribution in [3.05, 3.63) is 54.1 Å². The van der Waals surface area contributed by atoms with Crippen molar-refractivity contribution in [3.8, 4) is 0 Å². The molecule has 0 atom stereocenters. The molecule has 122 valence electrons. The summed E-state index contributed by atoms with van der Waals surface area (Å²) in [5, 5.41) is 3.66. The molecule has 0 heterocycles. The van der Waals surface area contributed by atoms with Crippen molar-refractivity contribution < 1.29 is 4.79 Å². The SMILES string of the molecule is Cl.Nc1cccc(C(=O)Nc2ccc(SC3CCCC3)cc2)c1. The molecule has 3 rings (SSSR count). The number of hydrogen-bond acceptors (Lipinski definition) is 3. The quantitative estimate of drug-likeness (QED) is 0.766. The number of thioether (sulfide) groups is 1. The Kier molecular flexibility index (Phi) is 6.37. The molecule has 0 unspecified atom stereocenters. The smallest absolute Gasteiger partial charge is 0.255 e. The van der Waals surface area contributed by atoms with Crippen molar-refractivity contribution in [2.24, 2.45) is 0 Å². The predicted octanol–water partition coefficient (Wildman–Crippen LogP) is 4.98. The van der Waals surface area contributed by atoms with Crippen LogP contribution < -0.4 is 11.1 Å². The van der Waals surface area contributed by atoms with Gasteiger partial charge in [-0.15, -0.1) is 24.2 Å². The van der Waals surface area contributed by atoms with Crippen LogP contribution in [0.25, 0.3) is 0 Å².